The predicted molar refractivity (Wildman–Crippen MR) is 76.5 cm³/mol. The van der Waals surface area contributed by atoms with E-state index < -0.39 is 0 Å². The number of piperazine rings is 1. The highest BCUT2D eigenvalue weighted by atomic mass is 19.1. The van der Waals surface area contributed by atoms with Crippen molar-refractivity contribution < 1.29 is 4.39 Å². The van der Waals surface area contributed by atoms with Crippen LogP contribution in [-0.4, -0.2) is 49.1 Å². The Morgan fingerprint density at radius 1 is 1.26 bits per heavy atom. The third-order valence-electron chi connectivity index (χ3n) is 3.84. The van der Waals surface area contributed by atoms with Crippen molar-refractivity contribution in [3.05, 3.63) is 35.6 Å². The molecule has 19 heavy (non-hydrogen) atoms. The Bertz CT molecular complexity index is 389. The van der Waals surface area contributed by atoms with Crippen LogP contribution in [0.1, 0.15) is 24.9 Å². The Labute approximate surface area is 115 Å². The molecule has 0 radical (unpaired) electrons. The molecule has 0 amide bonds. The number of rotatable bonds is 5. The predicted octanol–water partition coefficient (Wildman–Crippen LogP) is 1.85. The van der Waals surface area contributed by atoms with Gasteiger partial charge in [-0.05, 0) is 30.7 Å². The normalized spacial score (nSPS) is 19.5. The molecule has 0 aromatic heterocycles. The maximum absolute atomic E-state index is 13.3. The van der Waals surface area contributed by atoms with E-state index in [9.17, 15) is 4.39 Å². The zero-order valence-electron chi connectivity index (χ0n) is 11.7. The van der Waals surface area contributed by atoms with Crippen LogP contribution in [-0.2, 0) is 0 Å². The summed E-state index contributed by atoms with van der Waals surface area (Å²) in [6, 6.07) is 6.96. The van der Waals surface area contributed by atoms with Gasteiger partial charge in [0.2, 0.25) is 0 Å². The quantitative estimate of drug-likeness (QED) is 0.882. The topological polar surface area (TPSA) is 32.5 Å². The van der Waals surface area contributed by atoms with Gasteiger partial charge in [0.05, 0.1) is 0 Å². The summed E-state index contributed by atoms with van der Waals surface area (Å²) in [7, 11) is 0. The fourth-order valence-corrected chi connectivity index (χ4v) is 2.82. The van der Waals surface area contributed by atoms with E-state index >= 15 is 0 Å². The first kappa shape index (κ1) is 14.4. The van der Waals surface area contributed by atoms with Crippen molar-refractivity contribution in [2.24, 2.45) is 5.73 Å². The lowest BCUT2D eigenvalue weighted by Gasteiger charge is -2.39. The third-order valence-corrected chi connectivity index (χ3v) is 3.84. The number of hydrogen-bond acceptors (Lipinski definition) is 3. The van der Waals surface area contributed by atoms with E-state index in [1.807, 2.05) is 6.07 Å². The van der Waals surface area contributed by atoms with Crippen LogP contribution in [0.15, 0.2) is 24.3 Å². The molecule has 4 heteroatoms. The second kappa shape index (κ2) is 6.98. The molecular formula is C15H24FN3. The highest BCUT2D eigenvalue weighted by Gasteiger charge is 2.23. The Hall–Kier alpha value is -0.970. The van der Waals surface area contributed by atoms with E-state index in [2.05, 4.69) is 16.7 Å². The minimum absolute atomic E-state index is 0.138. The van der Waals surface area contributed by atoms with Gasteiger partial charge in [-0.3, -0.25) is 4.90 Å². The zero-order chi connectivity index (χ0) is 13.7. The molecular weight excluding hydrogens is 241 g/mol. The van der Waals surface area contributed by atoms with Crippen molar-refractivity contribution in [3.8, 4) is 0 Å². The van der Waals surface area contributed by atoms with Crippen LogP contribution < -0.4 is 5.73 Å². The molecule has 2 rings (SSSR count). The summed E-state index contributed by atoms with van der Waals surface area (Å²) in [6.07, 6.45) is 1.20. The first-order valence-corrected chi connectivity index (χ1v) is 7.16. The monoisotopic (exact) mass is 265 g/mol. The van der Waals surface area contributed by atoms with Gasteiger partial charge in [0.15, 0.2) is 0 Å². The van der Waals surface area contributed by atoms with Crippen LogP contribution in [0.2, 0.25) is 0 Å². The van der Waals surface area contributed by atoms with Crippen molar-refractivity contribution >= 4 is 0 Å². The molecule has 2 N–H and O–H groups in total. The van der Waals surface area contributed by atoms with Gasteiger partial charge in [-0.25, -0.2) is 4.39 Å². The van der Waals surface area contributed by atoms with Crippen LogP contribution in [0.5, 0.6) is 0 Å². The Balaban J connectivity index is 1.99. The molecule has 1 aromatic rings. The van der Waals surface area contributed by atoms with Crippen molar-refractivity contribution in [1.82, 2.24) is 9.80 Å². The van der Waals surface area contributed by atoms with Gasteiger partial charge in [-0.2, -0.15) is 0 Å². The summed E-state index contributed by atoms with van der Waals surface area (Å²) in [6.45, 7) is 8.11. The maximum Gasteiger partial charge on any atom is 0.123 e. The molecule has 1 fully saturated rings. The number of benzene rings is 1. The summed E-state index contributed by atoms with van der Waals surface area (Å²) in [5, 5.41) is 0. The van der Waals surface area contributed by atoms with E-state index in [-0.39, 0.29) is 11.9 Å². The Morgan fingerprint density at radius 3 is 2.58 bits per heavy atom. The summed E-state index contributed by atoms with van der Waals surface area (Å²) < 4.78 is 13.3. The average Bonchev–Trinajstić information content (AvgIpc) is 2.42. The molecule has 0 aliphatic carbocycles. The smallest absolute Gasteiger partial charge is 0.123 e. The number of nitrogens with two attached hydrogens (primary N) is 1. The van der Waals surface area contributed by atoms with Crippen molar-refractivity contribution in [3.63, 3.8) is 0 Å². The van der Waals surface area contributed by atoms with Gasteiger partial charge < -0.3 is 10.6 Å². The van der Waals surface area contributed by atoms with Crippen molar-refractivity contribution in [1.29, 1.82) is 0 Å². The molecule has 0 spiro atoms. The summed E-state index contributed by atoms with van der Waals surface area (Å²) in [4.78, 5) is 4.86. The van der Waals surface area contributed by atoms with Gasteiger partial charge in [-0.1, -0.05) is 19.1 Å². The minimum Gasteiger partial charge on any atom is -0.329 e. The average molecular weight is 265 g/mol. The molecule has 106 valence electrons. The van der Waals surface area contributed by atoms with E-state index in [0.29, 0.717) is 6.54 Å². The van der Waals surface area contributed by atoms with E-state index in [1.165, 1.54) is 19.0 Å². The third kappa shape index (κ3) is 3.75. The second-order valence-electron chi connectivity index (χ2n) is 5.18. The maximum atomic E-state index is 13.3. The minimum atomic E-state index is -0.180. The molecule has 1 heterocycles. The van der Waals surface area contributed by atoms with Gasteiger partial charge in [0.1, 0.15) is 5.82 Å². The lowest BCUT2D eigenvalue weighted by Crippen LogP contribution is -2.49. The molecule has 1 aliphatic rings. The first-order chi connectivity index (χ1) is 9.24. The van der Waals surface area contributed by atoms with Crippen LogP contribution >= 0.6 is 0 Å². The molecule has 1 aromatic carbocycles. The lowest BCUT2D eigenvalue weighted by molar-refractivity contribution is 0.0984. The highest BCUT2D eigenvalue weighted by Crippen LogP contribution is 2.21. The fraction of sp³-hybridized carbons (Fsp3) is 0.600. The molecule has 1 aliphatic heterocycles. The molecule has 1 saturated heterocycles. The SMILES string of the molecule is CCCN1CCN(C(CN)c2cccc(F)c2)CC1. The fourth-order valence-electron chi connectivity index (χ4n) is 2.82. The largest absolute Gasteiger partial charge is 0.329 e. The van der Waals surface area contributed by atoms with Gasteiger partial charge in [0.25, 0.3) is 0 Å². The molecule has 3 nitrogen and oxygen atoms in total. The Kier molecular flexibility index (Phi) is 5.31. The molecule has 1 atom stereocenters. The summed E-state index contributed by atoms with van der Waals surface area (Å²) in [5.41, 5.74) is 6.89. The molecule has 1 unspecified atom stereocenters. The van der Waals surface area contributed by atoms with E-state index in [4.69, 9.17) is 5.73 Å². The van der Waals surface area contributed by atoms with Crippen molar-refractivity contribution in [2.75, 3.05) is 39.3 Å². The summed E-state index contributed by atoms with van der Waals surface area (Å²) >= 11 is 0. The van der Waals surface area contributed by atoms with Gasteiger partial charge in [-0.15, -0.1) is 0 Å². The number of halogens is 1. The van der Waals surface area contributed by atoms with Crippen LogP contribution in [0.3, 0.4) is 0 Å². The first-order valence-electron chi connectivity index (χ1n) is 7.16. The lowest BCUT2D eigenvalue weighted by atomic mass is 10.0. The van der Waals surface area contributed by atoms with E-state index in [0.717, 1.165) is 31.7 Å². The second-order valence-corrected chi connectivity index (χ2v) is 5.18. The van der Waals surface area contributed by atoms with E-state index in [1.54, 1.807) is 12.1 Å². The zero-order valence-corrected chi connectivity index (χ0v) is 11.7. The summed E-state index contributed by atoms with van der Waals surface area (Å²) in [5.74, 6) is -0.180. The Morgan fingerprint density at radius 2 is 2.00 bits per heavy atom. The standard InChI is InChI=1S/C15H24FN3/c1-2-6-18-7-9-19(10-8-18)15(12-17)13-4-3-5-14(16)11-13/h3-5,11,15H,2,6-10,12,17H2,1H3. The number of hydrogen-bond donors (Lipinski definition) is 1. The van der Waals surface area contributed by atoms with Crippen molar-refractivity contribution in [2.45, 2.75) is 19.4 Å². The molecule has 0 bridgehead atoms. The van der Waals surface area contributed by atoms with Crippen LogP contribution in [0.25, 0.3) is 0 Å². The van der Waals surface area contributed by atoms with Crippen LogP contribution in [0, 0.1) is 5.82 Å². The van der Waals surface area contributed by atoms with Crippen LogP contribution in [0.4, 0.5) is 4.39 Å². The highest BCUT2D eigenvalue weighted by molar-refractivity contribution is 5.20. The van der Waals surface area contributed by atoms with Gasteiger partial charge >= 0.3 is 0 Å². The van der Waals surface area contributed by atoms with Gasteiger partial charge in [0, 0.05) is 38.8 Å². The molecule has 0 saturated carbocycles. The number of nitrogens with zero attached hydrogens (tertiary/aromatic N) is 2.